The van der Waals surface area contributed by atoms with Crippen LogP contribution in [0.5, 0.6) is 11.5 Å². The van der Waals surface area contributed by atoms with Crippen LogP contribution in [-0.2, 0) is 4.79 Å². The third-order valence-corrected chi connectivity index (χ3v) is 3.98. The number of carboxylic acids is 1. The number of carboxylic acid groups (broad SMARTS) is 1. The SMILES string of the molecule is COc1cc(OC)c(C2CC(C(=O)O)CN2)cc1Br. The van der Waals surface area contributed by atoms with Crippen LogP contribution in [0.4, 0.5) is 0 Å². The Morgan fingerprint density at radius 1 is 1.37 bits per heavy atom. The highest BCUT2D eigenvalue weighted by Crippen LogP contribution is 2.39. The maximum absolute atomic E-state index is 11.0. The predicted molar refractivity (Wildman–Crippen MR) is 73.7 cm³/mol. The number of ether oxygens (including phenoxy) is 2. The Morgan fingerprint density at radius 2 is 2.05 bits per heavy atom. The number of benzene rings is 1. The van der Waals surface area contributed by atoms with Crippen LogP contribution in [-0.4, -0.2) is 31.8 Å². The summed E-state index contributed by atoms with van der Waals surface area (Å²) in [4.78, 5) is 11.0. The molecule has 2 N–H and O–H groups in total. The summed E-state index contributed by atoms with van der Waals surface area (Å²) in [5.74, 6) is 0.272. The van der Waals surface area contributed by atoms with Crippen LogP contribution in [0, 0.1) is 5.92 Å². The molecule has 2 rings (SSSR count). The molecular formula is C13H16BrNO4. The molecular weight excluding hydrogens is 314 g/mol. The Bertz CT molecular complexity index is 492. The Labute approximate surface area is 120 Å². The van der Waals surface area contributed by atoms with Gasteiger partial charge in [0.2, 0.25) is 0 Å². The normalized spacial score (nSPS) is 22.3. The molecule has 19 heavy (non-hydrogen) atoms. The van der Waals surface area contributed by atoms with Gasteiger partial charge in [-0.3, -0.25) is 4.79 Å². The molecule has 2 unspecified atom stereocenters. The van der Waals surface area contributed by atoms with E-state index >= 15 is 0 Å². The molecule has 0 radical (unpaired) electrons. The fourth-order valence-electron chi connectivity index (χ4n) is 2.32. The third-order valence-electron chi connectivity index (χ3n) is 3.36. The quantitative estimate of drug-likeness (QED) is 0.886. The highest BCUT2D eigenvalue weighted by atomic mass is 79.9. The number of nitrogens with one attached hydrogen (secondary N) is 1. The fraction of sp³-hybridized carbons (Fsp3) is 0.462. The summed E-state index contributed by atoms with van der Waals surface area (Å²) in [7, 11) is 3.18. The summed E-state index contributed by atoms with van der Waals surface area (Å²) >= 11 is 3.44. The lowest BCUT2D eigenvalue weighted by Gasteiger charge is -2.17. The summed E-state index contributed by atoms with van der Waals surface area (Å²) < 4.78 is 11.4. The molecule has 0 aliphatic carbocycles. The standard InChI is InChI=1S/C13H16BrNO4/c1-18-11-5-12(19-2)9(14)4-8(11)10-3-7(6-15-10)13(16)17/h4-5,7,10,15H,3,6H2,1-2H3,(H,16,17). The molecule has 0 amide bonds. The van der Waals surface area contributed by atoms with Crippen molar-refractivity contribution in [3.63, 3.8) is 0 Å². The average molecular weight is 330 g/mol. The molecule has 1 heterocycles. The summed E-state index contributed by atoms with van der Waals surface area (Å²) in [6.07, 6.45) is 0.560. The molecule has 6 heteroatoms. The molecule has 1 fully saturated rings. The maximum Gasteiger partial charge on any atom is 0.307 e. The third kappa shape index (κ3) is 2.84. The zero-order valence-corrected chi connectivity index (χ0v) is 12.4. The van der Waals surface area contributed by atoms with Crippen LogP contribution in [0.3, 0.4) is 0 Å². The molecule has 0 saturated carbocycles. The van der Waals surface area contributed by atoms with Gasteiger partial charge in [-0.25, -0.2) is 0 Å². The van der Waals surface area contributed by atoms with Gasteiger partial charge < -0.3 is 19.9 Å². The van der Waals surface area contributed by atoms with Gasteiger partial charge in [0.15, 0.2) is 0 Å². The zero-order valence-electron chi connectivity index (χ0n) is 10.8. The second-order valence-electron chi connectivity index (χ2n) is 4.46. The smallest absolute Gasteiger partial charge is 0.307 e. The Hall–Kier alpha value is -1.27. The van der Waals surface area contributed by atoms with E-state index in [0.717, 1.165) is 10.0 Å². The molecule has 104 valence electrons. The predicted octanol–water partition coefficient (Wildman–Crippen LogP) is 2.20. The number of halogens is 1. The molecule has 0 spiro atoms. The highest BCUT2D eigenvalue weighted by Gasteiger charge is 2.32. The monoisotopic (exact) mass is 329 g/mol. The molecule has 1 saturated heterocycles. The van der Waals surface area contributed by atoms with E-state index in [4.69, 9.17) is 14.6 Å². The van der Waals surface area contributed by atoms with Gasteiger partial charge in [0.1, 0.15) is 11.5 Å². The first-order valence-electron chi connectivity index (χ1n) is 5.94. The first kappa shape index (κ1) is 14.1. The molecule has 5 nitrogen and oxygen atoms in total. The molecule has 0 bridgehead atoms. The highest BCUT2D eigenvalue weighted by molar-refractivity contribution is 9.10. The number of carbonyl (C=O) groups is 1. The van der Waals surface area contributed by atoms with Gasteiger partial charge in [-0.15, -0.1) is 0 Å². The molecule has 0 aromatic heterocycles. The molecule has 1 aromatic carbocycles. The van der Waals surface area contributed by atoms with Crippen LogP contribution in [0.2, 0.25) is 0 Å². The summed E-state index contributed by atoms with van der Waals surface area (Å²) in [6.45, 7) is 0.479. The van der Waals surface area contributed by atoms with Crippen LogP contribution in [0.25, 0.3) is 0 Å². The minimum absolute atomic E-state index is 0.0155. The van der Waals surface area contributed by atoms with E-state index in [9.17, 15) is 4.79 Å². The molecule has 1 aromatic rings. The summed E-state index contributed by atoms with van der Waals surface area (Å²) in [5.41, 5.74) is 0.943. The number of aliphatic carboxylic acids is 1. The van der Waals surface area contributed by atoms with Crippen molar-refractivity contribution in [2.24, 2.45) is 5.92 Å². The van der Waals surface area contributed by atoms with Crippen molar-refractivity contribution >= 4 is 21.9 Å². The Balaban J connectivity index is 2.30. The molecule has 2 atom stereocenters. The number of hydrogen-bond donors (Lipinski definition) is 2. The first-order chi connectivity index (χ1) is 9.06. The van der Waals surface area contributed by atoms with Crippen molar-refractivity contribution in [3.05, 3.63) is 22.2 Å². The number of hydrogen-bond acceptors (Lipinski definition) is 4. The second kappa shape index (κ2) is 5.79. The van der Waals surface area contributed by atoms with Crippen molar-refractivity contribution < 1.29 is 19.4 Å². The van der Waals surface area contributed by atoms with Crippen LogP contribution in [0.1, 0.15) is 18.0 Å². The topological polar surface area (TPSA) is 67.8 Å². The van der Waals surface area contributed by atoms with E-state index in [1.807, 2.05) is 6.07 Å². The van der Waals surface area contributed by atoms with Gasteiger partial charge in [-0.05, 0) is 28.4 Å². The van der Waals surface area contributed by atoms with Crippen LogP contribution >= 0.6 is 15.9 Å². The minimum Gasteiger partial charge on any atom is -0.496 e. The fourth-order valence-corrected chi connectivity index (χ4v) is 2.84. The summed E-state index contributed by atoms with van der Waals surface area (Å²) in [6, 6.07) is 3.70. The van der Waals surface area contributed by atoms with Crippen molar-refractivity contribution in [1.29, 1.82) is 0 Å². The van der Waals surface area contributed by atoms with E-state index in [1.165, 1.54) is 0 Å². The second-order valence-corrected chi connectivity index (χ2v) is 5.31. The van der Waals surface area contributed by atoms with Gasteiger partial charge in [-0.2, -0.15) is 0 Å². The van der Waals surface area contributed by atoms with Crippen molar-refractivity contribution in [1.82, 2.24) is 5.32 Å². The van der Waals surface area contributed by atoms with Gasteiger partial charge in [-0.1, -0.05) is 0 Å². The number of rotatable bonds is 4. The van der Waals surface area contributed by atoms with E-state index in [-0.39, 0.29) is 12.0 Å². The van der Waals surface area contributed by atoms with E-state index < -0.39 is 5.97 Å². The van der Waals surface area contributed by atoms with Gasteiger partial charge >= 0.3 is 5.97 Å². The van der Waals surface area contributed by atoms with Crippen molar-refractivity contribution in [2.45, 2.75) is 12.5 Å². The lowest BCUT2D eigenvalue weighted by Crippen LogP contribution is -2.17. The first-order valence-corrected chi connectivity index (χ1v) is 6.73. The Kier molecular flexibility index (Phi) is 4.31. The maximum atomic E-state index is 11.0. The van der Waals surface area contributed by atoms with Crippen molar-refractivity contribution in [3.8, 4) is 11.5 Å². The average Bonchev–Trinajstić information content (AvgIpc) is 2.88. The Morgan fingerprint density at radius 3 is 2.58 bits per heavy atom. The van der Waals surface area contributed by atoms with Crippen LogP contribution in [0.15, 0.2) is 16.6 Å². The number of methoxy groups -OCH3 is 2. The van der Waals surface area contributed by atoms with E-state index in [1.54, 1.807) is 20.3 Å². The van der Waals surface area contributed by atoms with E-state index in [0.29, 0.717) is 24.5 Å². The largest absolute Gasteiger partial charge is 0.496 e. The molecule has 1 aliphatic heterocycles. The van der Waals surface area contributed by atoms with Gasteiger partial charge in [0, 0.05) is 24.2 Å². The zero-order chi connectivity index (χ0) is 14.0. The van der Waals surface area contributed by atoms with Gasteiger partial charge in [0.05, 0.1) is 24.6 Å². The summed E-state index contributed by atoms with van der Waals surface area (Å²) in [5, 5.41) is 12.3. The lowest BCUT2D eigenvalue weighted by atomic mass is 9.99. The van der Waals surface area contributed by atoms with E-state index in [2.05, 4.69) is 21.2 Å². The van der Waals surface area contributed by atoms with Gasteiger partial charge in [0.25, 0.3) is 0 Å². The minimum atomic E-state index is -0.762. The van der Waals surface area contributed by atoms with Crippen molar-refractivity contribution in [2.75, 3.05) is 20.8 Å². The van der Waals surface area contributed by atoms with Crippen LogP contribution < -0.4 is 14.8 Å². The lowest BCUT2D eigenvalue weighted by molar-refractivity contribution is -0.141. The molecule has 1 aliphatic rings.